The highest BCUT2D eigenvalue weighted by molar-refractivity contribution is 5.69. The van der Waals surface area contributed by atoms with E-state index >= 15 is 0 Å². The van der Waals surface area contributed by atoms with Crippen LogP contribution in [-0.2, 0) is 22.6 Å². The molecule has 0 unspecified atom stereocenters. The molecule has 3 aromatic rings. The number of furan rings is 1. The van der Waals surface area contributed by atoms with Gasteiger partial charge in [-0.25, -0.2) is 0 Å². The van der Waals surface area contributed by atoms with E-state index in [2.05, 4.69) is 10.8 Å². The molecule has 1 radical (unpaired) electrons. The number of ether oxygens (including phenoxy) is 1. The van der Waals surface area contributed by atoms with Crippen molar-refractivity contribution < 1.29 is 13.9 Å². The largest absolute Gasteiger partial charge is 0.467 e. The average molecular weight is 299 g/mol. The zero-order valence-corrected chi connectivity index (χ0v) is 12.5. The van der Waals surface area contributed by atoms with Crippen LogP contribution in [0.4, 0.5) is 0 Å². The van der Waals surface area contributed by atoms with Gasteiger partial charge in [-0.3, -0.25) is 4.79 Å². The molecule has 5 heteroatoms. The molecule has 0 aliphatic rings. The Bertz CT molecular complexity index is 593. The van der Waals surface area contributed by atoms with Gasteiger partial charge in [0.1, 0.15) is 12.3 Å². The van der Waals surface area contributed by atoms with Crippen LogP contribution in [-0.4, -0.2) is 21.7 Å². The maximum atomic E-state index is 10.8. The summed E-state index contributed by atoms with van der Waals surface area (Å²) in [6, 6.07) is 11.4. The van der Waals surface area contributed by atoms with Crippen LogP contribution in [0.1, 0.15) is 12.7 Å². The number of esters is 1. The van der Waals surface area contributed by atoms with Crippen LogP contribution in [0.5, 0.6) is 0 Å². The first-order valence-electron chi connectivity index (χ1n) is 7.09. The molecule has 115 valence electrons. The van der Waals surface area contributed by atoms with Crippen LogP contribution in [0.15, 0.2) is 65.7 Å². The fourth-order valence-electron chi connectivity index (χ4n) is 1.83. The molecule has 3 aromatic heterocycles. The van der Waals surface area contributed by atoms with E-state index in [1.807, 2.05) is 42.7 Å². The van der Waals surface area contributed by atoms with Gasteiger partial charge in [0.15, 0.2) is 0 Å². The Balaban J connectivity index is 0.000000160. The first kappa shape index (κ1) is 15.7. The summed E-state index contributed by atoms with van der Waals surface area (Å²) in [7, 11) is 0. The van der Waals surface area contributed by atoms with Gasteiger partial charge in [-0.05, 0) is 43.3 Å². The number of hydrogen-bond donors (Lipinski definition) is 0. The molecule has 0 amide bonds. The van der Waals surface area contributed by atoms with Crippen LogP contribution in [0.2, 0.25) is 0 Å². The summed E-state index contributed by atoms with van der Waals surface area (Å²) in [6.45, 7) is 3.29. The van der Waals surface area contributed by atoms with Crippen molar-refractivity contribution in [1.82, 2.24) is 9.13 Å². The number of hydrogen-bond acceptors (Lipinski definition) is 3. The molecular formula is C17H19N2O3. The van der Waals surface area contributed by atoms with Gasteiger partial charge in [0.05, 0.1) is 25.6 Å². The maximum Gasteiger partial charge on any atom is 0.325 e. The van der Waals surface area contributed by atoms with Crippen molar-refractivity contribution in [3.8, 4) is 0 Å². The van der Waals surface area contributed by atoms with E-state index in [0.29, 0.717) is 6.61 Å². The average Bonchev–Trinajstić information content (AvgIpc) is 3.23. The molecule has 5 nitrogen and oxygen atoms in total. The first-order valence-corrected chi connectivity index (χ1v) is 7.09. The number of rotatable bonds is 5. The third-order valence-corrected chi connectivity index (χ3v) is 2.79. The molecule has 3 heterocycles. The minimum atomic E-state index is -0.222. The highest BCUT2D eigenvalue weighted by Crippen LogP contribution is 2.02. The predicted octanol–water partition coefficient (Wildman–Crippen LogP) is 2.98. The zero-order valence-electron chi connectivity index (χ0n) is 12.5. The fraction of sp³-hybridized carbons (Fsp3) is 0.235. The monoisotopic (exact) mass is 299 g/mol. The summed E-state index contributed by atoms with van der Waals surface area (Å²) in [6.07, 6.45) is 10.3. The van der Waals surface area contributed by atoms with Crippen LogP contribution in [0.3, 0.4) is 0 Å². The summed E-state index contributed by atoms with van der Waals surface area (Å²) in [5.41, 5.74) is 0. The smallest absolute Gasteiger partial charge is 0.325 e. The van der Waals surface area contributed by atoms with Gasteiger partial charge < -0.3 is 18.3 Å². The van der Waals surface area contributed by atoms with E-state index in [9.17, 15) is 4.79 Å². The van der Waals surface area contributed by atoms with E-state index in [1.54, 1.807) is 30.0 Å². The Hall–Kier alpha value is -2.69. The van der Waals surface area contributed by atoms with E-state index in [4.69, 9.17) is 9.15 Å². The van der Waals surface area contributed by atoms with Crippen molar-refractivity contribution in [2.45, 2.75) is 20.0 Å². The Labute approximate surface area is 129 Å². The highest BCUT2D eigenvalue weighted by atomic mass is 16.5. The molecule has 0 saturated heterocycles. The third-order valence-electron chi connectivity index (χ3n) is 2.79. The standard InChI is InChI=1S/C9H9NO.C8H10NO2/c1-2-6-10(5-1)8-9-4-3-7-11-9;1-2-11-8(10)7-9-5-3-4-6-9/h1-7H,8H2;3-5H,2,7H2,1H3. The quantitative estimate of drug-likeness (QED) is 0.681. The molecule has 0 bridgehead atoms. The SMILES string of the molecule is CCOC(=O)Cn1[c]ccc1.c1coc(Cn2cccc2)c1. The number of aromatic nitrogens is 2. The van der Waals surface area contributed by atoms with E-state index in [-0.39, 0.29) is 12.5 Å². The first-order chi connectivity index (χ1) is 10.8. The van der Waals surface area contributed by atoms with Gasteiger partial charge >= 0.3 is 5.97 Å². The molecule has 0 aromatic carbocycles. The van der Waals surface area contributed by atoms with Gasteiger partial charge in [-0.2, -0.15) is 0 Å². The molecule has 22 heavy (non-hydrogen) atoms. The second kappa shape index (κ2) is 8.56. The Morgan fingerprint density at radius 1 is 1.23 bits per heavy atom. The zero-order chi connectivity index (χ0) is 15.6. The summed E-state index contributed by atoms with van der Waals surface area (Å²) in [5.74, 6) is 0.765. The number of nitrogens with zero attached hydrogens (tertiary/aromatic N) is 2. The third kappa shape index (κ3) is 5.36. The van der Waals surface area contributed by atoms with Crippen LogP contribution >= 0.6 is 0 Å². The lowest BCUT2D eigenvalue weighted by Gasteiger charge is -2.01. The number of carbonyl (C=O) groups is 1. The molecule has 0 atom stereocenters. The lowest BCUT2D eigenvalue weighted by Crippen LogP contribution is -2.11. The second-order valence-corrected chi connectivity index (χ2v) is 4.50. The van der Waals surface area contributed by atoms with Crippen molar-refractivity contribution in [2.24, 2.45) is 0 Å². The molecule has 0 fully saturated rings. The van der Waals surface area contributed by atoms with Crippen LogP contribution in [0.25, 0.3) is 0 Å². The Kier molecular flexibility index (Phi) is 6.11. The van der Waals surface area contributed by atoms with Gasteiger partial charge in [0.25, 0.3) is 0 Å². The summed E-state index contributed by atoms with van der Waals surface area (Å²) in [4.78, 5) is 10.8. The molecule has 0 aliphatic carbocycles. The molecule has 0 aliphatic heterocycles. The van der Waals surface area contributed by atoms with Crippen molar-refractivity contribution in [2.75, 3.05) is 6.61 Å². The number of carbonyl (C=O) groups excluding carboxylic acids is 1. The van der Waals surface area contributed by atoms with E-state index < -0.39 is 0 Å². The van der Waals surface area contributed by atoms with Crippen molar-refractivity contribution in [3.05, 3.63) is 73.2 Å². The molecule has 0 saturated carbocycles. The summed E-state index contributed by atoms with van der Waals surface area (Å²) < 4.78 is 13.6. The molecule has 0 N–H and O–H groups in total. The van der Waals surface area contributed by atoms with Gasteiger partial charge in [-0.1, -0.05) is 0 Å². The molecule has 3 rings (SSSR count). The predicted molar refractivity (Wildman–Crippen MR) is 82.1 cm³/mol. The second-order valence-electron chi connectivity index (χ2n) is 4.50. The van der Waals surface area contributed by atoms with Crippen molar-refractivity contribution in [1.29, 1.82) is 0 Å². The lowest BCUT2D eigenvalue weighted by molar-refractivity contribution is -0.143. The van der Waals surface area contributed by atoms with Gasteiger partial charge in [-0.15, -0.1) is 0 Å². The van der Waals surface area contributed by atoms with Crippen molar-refractivity contribution in [3.63, 3.8) is 0 Å². The van der Waals surface area contributed by atoms with E-state index in [1.165, 1.54) is 0 Å². The van der Waals surface area contributed by atoms with Crippen molar-refractivity contribution >= 4 is 5.97 Å². The van der Waals surface area contributed by atoms with Gasteiger partial charge in [0, 0.05) is 18.6 Å². The van der Waals surface area contributed by atoms with Crippen LogP contribution in [0, 0.1) is 6.20 Å². The highest BCUT2D eigenvalue weighted by Gasteiger charge is 2.00. The van der Waals surface area contributed by atoms with E-state index in [0.717, 1.165) is 12.3 Å². The normalized spacial score (nSPS) is 9.86. The molecular weight excluding hydrogens is 280 g/mol. The Morgan fingerprint density at radius 2 is 2.05 bits per heavy atom. The Morgan fingerprint density at radius 3 is 2.64 bits per heavy atom. The van der Waals surface area contributed by atoms with Gasteiger partial charge in [0.2, 0.25) is 0 Å². The van der Waals surface area contributed by atoms with Crippen LogP contribution < -0.4 is 0 Å². The minimum Gasteiger partial charge on any atom is -0.467 e. The summed E-state index contributed by atoms with van der Waals surface area (Å²) in [5, 5.41) is 0. The topological polar surface area (TPSA) is 49.3 Å². The minimum absolute atomic E-state index is 0.222. The summed E-state index contributed by atoms with van der Waals surface area (Å²) >= 11 is 0. The molecule has 0 spiro atoms. The fourth-order valence-corrected chi connectivity index (χ4v) is 1.83. The maximum absolute atomic E-state index is 10.8. The lowest BCUT2D eigenvalue weighted by atomic mass is 10.4.